The van der Waals surface area contributed by atoms with E-state index in [1.54, 1.807) is 12.1 Å². The summed E-state index contributed by atoms with van der Waals surface area (Å²) in [7, 11) is 0. The highest BCUT2D eigenvalue weighted by molar-refractivity contribution is 5.51. The second-order valence-corrected chi connectivity index (χ2v) is 4.29. The van der Waals surface area contributed by atoms with Gasteiger partial charge in [0, 0.05) is 18.6 Å². The van der Waals surface area contributed by atoms with Crippen LogP contribution < -0.4 is 0 Å². The Morgan fingerprint density at radius 3 is 2.50 bits per heavy atom. The lowest BCUT2D eigenvalue weighted by atomic mass is 10.1. The number of hydrogen-bond acceptors (Lipinski definition) is 4. The van der Waals surface area contributed by atoms with Crippen LogP contribution in [0.25, 0.3) is 6.08 Å². The molecule has 0 amide bonds. The molecule has 2 rings (SSSR count). The Kier molecular flexibility index (Phi) is 3.74. The van der Waals surface area contributed by atoms with Crippen molar-refractivity contribution in [1.82, 2.24) is 0 Å². The summed E-state index contributed by atoms with van der Waals surface area (Å²) >= 11 is 0. The molecule has 96 valence electrons. The van der Waals surface area contributed by atoms with Gasteiger partial charge in [-0.3, -0.25) is 10.1 Å². The Morgan fingerprint density at radius 2 is 1.94 bits per heavy atom. The molecule has 0 radical (unpaired) electrons. The van der Waals surface area contributed by atoms with E-state index in [4.69, 9.17) is 9.47 Å². The molecule has 1 aromatic carbocycles. The van der Waals surface area contributed by atoms with Gasteiger partial charge in [-0.2, -0.15) is 0 Å². The van der Waals surface area contributed by atoms with E-state index in [0.29, 0.717) is 19.6 Å². The molecule has 1 aromatic rings. The second-order valence-electron chi connectivity index (χ2n) is 4.29. The van der Waals surface area contributed by atoms with Crippen molar-refractivity contribution in [3.63, 3.8) is 0 Å². The molecule has 1 aliphatic heterocycles. The minimum Gasteiger partial charge on any atom is -0.348 e. The average molecular weight is 249 g/mol. The van der Waals surface area contributed by atoms with Gasteiger partial charge < -0.3 is 9.47 Å². The van der Waals surface area contributed by atoms with E-state index in [1.807, 2.05) is 19.1 Å². The van der Waals surface area contributed by atoms with Gasteiger partial charge in [0.1, 0.15) is 0 Å². The molecule has 1 fully saturated rings. The normalized spacial score (nSPS) is 18.3. The zero-order valence-electron chi connectivity index (χ0n) is 10.2. The van der Waals surface area contributed by atoms with Crippen molar-refractivity contribution >= 4 is 11.8 Å². The fourth-order valence-corrected chi connectivity index (χ4v) is 1.79. The molecule has 0 aromatic heterocycles. The molecule has 5 nitrogen and oxygen atoms in total. The van der Waals surface area contributed by atoms with Gasteiger partial charge in [0.25, 0.3) is 5.69 Å². The maximum atomic E-state index is 10.5. The van der Waals surface area contributed by atoms with Gasteiger partial charge in [-0.25, -0.2) is 0 Å². The Bertz CT molecular complexity index is 447. The van der Waals surface area contributed by atoms with Crippen LogP contribution in [-0.2, 0) is 9.47 Å². The molecule has 0 unspecified atom stereocenters. The maximum Gasteiger partial charge on any atom is 0.269 e. The van der Waals surface area contributed by atoms with Gasteiger partial charge in [0.2, 0.25) is 0 Å². The third kappa shape index (κ3) is 3.15. The smallest absolute Gasteiger partial charge is 0.269 e. The van der Waals surface area contributed by atoms with Crippen molar-refractivity contribution in [2.75, 3.05) is 13.2 Å². The van der Waals surface area contributed by atoms with Crippen molar-refractivity contribution in [3.05, 3.63) is 46.0 Å². The molecule has 18 heavy (non-hydrogen) atoms. The summed E-state index contributed by atoms with van der Waals surface area (Å²) in [5, 5.41) is 10.5. The summed E-state index contributed by atoms with van der Waals surface area (Å²) in [6.45, 7) is 3.16. The first kappa shape index (κ1) is 12.7. The van der Waals surface area contributed by atoms with Crippen LogP contribution in [0, 0.1) is 10.1 Å². The van der Waals surface area contributed by atoms with Crippen LogP contribution in [0.1, 0.15) is 18.9 Å². The van der Waals surface area contributed by atoms with Crippen LogP contribution in [0.15, 0.2) is 30.3 Å². The van der Waals surface area contributed by atoms with Crippen LogP contribution in [-0.4, -0.2) is 23.9 Å². The van der Waals surface area contributed by atoms with Gasteiger partial charge in [-0.15, -0.1) is 0 Å². The van der Waals surface area contributed by atoms with E-state index in [-0.39, 0.29) is 5.69 Å². The number of ether oxygens (including phenoxy) is 2. The highest BCUT2D eigenvalue weighted by Crippen LogP contribution is 2.23. The van der Waals surface area contributed by atoms with Gasteiger partial charge in [0.05, 0.1) is 18.1 Å². The number of benzene rings is 1. The maximum absolute atomic E-state index is 10.5. The van der Waals surface area contributed by atoms with E-state index in [2.05, 4.69) is 0 Å². The van der Waals surface area contributed by atoms with Crippen molar-refractivity contribution in [2.24, 2.45) is 0 Å². The van der Waals surface area contributed by atoms with Crippen LogP contribution >= 0.6 is 0 Å². The number of nitrogens with zero attached hydrogens (tertiary/aromatic N) is 1. The lowest BCUT2D eigenvalue weighted by Gasteiger charge is -2.19. The molecular formula is C13H15NO4. The number of nitro benzene ring substituents is 1. The fraction of sp³-hybridized carbons (Fsp3) is 0.385. The first-order valence-electron chi connectivity index (χ1n) is 5.78. The molecule has 0 atom stereocenters. The van der Waals surface area contributed by atoms with Crippen LogP contribution in [0.4, 0.5) is 5.69 Å². The van der Waals surface area contributed by atoms with Crippen LogP contribution in [0.3, 0.4) is 0 Å². The SMILES string of the molecule is CC1(CC=Cc2ccc([N+](=O)[O-])cc2)OCCO1. The fourth-order valence-electron chi connectivity index (χ4n) is 1.79. The number of rotatable bonds is 4. The zero-order chi connectivity index (χ0) is 13.0. The molecule has 0 bridgehead atoms. The Hall–Kier alpha value is -1.72. The summed E-state index contributed by atoms with van der Waals surface area (Å²) in [6.07, 6.45) is 4.51. The highest BCUT2D eigenvalue weighted by atomic mass is 16.7. The summed E-state index contributed by atoms with van der Waals surface area (Å²) in [5.41, 5.74) is 1.02. The molecule has 1 heterocycles. The largest absolute Gasteiger partial charge is 0.348 e. The minimum atomic E-state index is -0.530. The average Bonchev–Trinajstić information content (AvgIpc) is 2.77. The lowest BCUT2D eigenvalue weighted by molar-refractivity contribution is -0.384. The number of nitro groups is 1. The predicted molar refractivity (Wildman–Crippen MR) is 67.1 cm³/mol. The van der Waals surface area contributed by atoms with E-state index >= 15 is 0 Å². The molecule has 0 aliphatic carbocycles. The Morgan fingerprint density at radius 1 is 1.33 bits per heavy atom. The van der Waals surface area contributed by atoms with Crippen molar-refractivity contribution in [3.8, 4) is 0 Å². The molecule has 0 spiro atoms. The van der Waals surface area contributed by atoms with Gasteiger partial charge >= 0.3 is 0 Å². The summed E-state index contributed by atoms with van der Waals surface area (Å²) in [5.74, 6) is -0.530. The van der Waals surface area contributed by atoms with E-state index < -0.39 is 10.7 Å². The summed E-state index contributed by atoms with van der Waals surface area (Å²) in [6, 6.07) is 6.41. The van der Waals surface area contributed by atoms with E-state index in [0.717, 1.165) is 5.56 Å². The van der Waals surface area contributed by atoms with E-state index in [9.17, 15) is 10.1 Å². The monoisotopic (exact) mass is 249 g/mol. The Labute approximate surface area is 105 Å². The second kappa shape index (κ2) is 5.29. The third-order valence-electron chi connectivity index (χ3n) is 2.80. The van der Waals surface area contributed by atoms with Crippen LogP contribution in [0.5, 0.6) is 0 Å². The summed E-state index contributed by atoms with van der Waals surface area (Å²) in [4.78, 5) is 10.1. The van der Waals surface area contributed by atoms with Crippen molar-refractivity contribution in [2.45, 2.75) is 19.1 Å². The molecule has 1 saturated heterocycles. The molecule has 0 saturated carbocycles. The third-order valence-corrected chi connectivity index (χ3v) is 2.80. The van der Waals surface area contributed by atoms with Crippen molar-refractivity contribution < 1.29 is 14.4 Å². The first-order valence-corrected chi connectivity index (χ1v) is 5.78. The zero-order valence-corrected chi connectivity index (χ0v) is 10.2. The highest BCUT2D eigenvalue weighted by Gasteiger charge is 2.29. The van der Waals surface area contributed by atoms with Gasteiger partial charge in [0.15, 0.2) is 5.79 Å². The van der Waals surface area contributed by atoms with Crippen LogP contribution in [0.2, 0.25) is 0 Å². The minimum absolute atomic E-state index is 0.0987. The number of hydrogen-bond donors (Lipinski definition) is 0. The number of non-ortho nitro benzene ring substituents is 1. The topological polar surface area (TPSA) is 61.6 Å². The van der Waals surface area contributed by atoms with Gasteiger partial charge in [-0.05, 0) is 24.6 Å². The lowest BCUT2D eigenvalue weighted by Crippen LogP contribution is -2.24. The first-order chi connectivity index (χ1) is 8.59. The van der Waals surface area contributed by atoms with E-state index in [1.165, 1.54) is 12.1 Å². The predicted octanol–water partition coefficient (Wildman–Crippen LogP) is 2.76. The standard InChI is InChI=1S/C13H15NO4/c1-13(17-9-10-18-13)8-2-3-11-4-6-12(7-5-11)14(15)16/h2-7H,8-10H2,1H3. The molecular weight excluding hydrogens is 234 g/mol. The van der Waals surface area contributed by atoms with Gasteiger partial charge in [-0.1, -0.05) is 12.2 Å². The molecule has 5 heteroatoms. The quantitative estimate of drug-likeness (QED) is 0.608. The molecule has 0 N–H and O–H groups in total. The summed E-state index contributed by atoms with van der Waals surface area (Å²) < 4.78 is 10.9. The molecule has 1 aliphatic rings. The Balaban J connectivity index is 1.94. The van der Waals surface area contributed by atoms with Crippen molar-refractivity contribution in [1.29, 1.82) is 0 Å².